The Bertz CT molecular complexity index is 2310. The Morgan fingerprint density at radius 3 is 0.535 bits per heavy atom. The highest BCUT2D eigenvalue weighted by molar-refractivity contribution is 5.06. The number of rotatable bonds is 27. The molecule has 576 valence electrons. The van der Waals surface area contributed by atoms with E-state index in [2.05, 4.69) is 0 Å². The average Bonchev–Trinajstić information content (AvgIpc) is 0.801. The molecule has 21 heterocycles. The van der Waals surface area contributed by atoms with Crippen molar-refractivity contribution in [2.24, 2.45) is 0 Å². The molecule has 0 unspecified atom stereocenters. The summed E-state index contributed by atoms with van der Waals surface area (Å²) in [6, 6.07) is 1.89. The van der Waals surface area contributed by atoms with E-state index in [0.717, 1.165) is 0 Å². The quantitative estimate of drug-likeness (QED) is 0.0849. The second kappa shape index (κ2) is 40.2. The fourth-order valence-corrected chi connectivity index (χ4v) is 14.8. The van der Waals surface area contributed by atoms with Crippen LogP contribution >= 0.6 is 0 Å². The van der Waals surface area contributed by atoms with Crippen LogP contribution in [0.15, 0.2) is 0 Å². The van der Waals surface area contributed by atoms with Crippen molar-refractivity contribution < 1.29 is 166 Å². The lowest BCUT2D eigenvalue weighted by molar-refractivity contribution is -0.403. The van der Waals surface area contributed by atoms with Gasteiger partial charge in [0.05, 0.1) is 45.7 Å². The lowest BCUT2D eigenvalue weighted by Crippen LogP contribution is -2.70. The highest BCUT2D eigenvalue weighted by atomic mass is 16.8. The molecule has 0 aromatic heterocycles. The average molecular weight is 1440 g/mol. The minimum Gasteiger partial charge on any atom is -0.382 e. The summed E-state index contributed by atoms with van der Waals surface area (Å²) in [5.74, 6) is 0. The Labute approximate surface area is 578 Å². The molecule has 0 aliphatic carbocycles. The molecule has 0 radical (unpaired) electrons. The van der Waals surface area contributed by atoms with Gasteiger partial charge < -0.3 is 166 Å². The summed E-state index contributed by atoms with van der Waals surface area (Å²) in [5.41, 5.74) is 0. The molecular formula is C63H109NO35. The largest absolute Gasteiger partial charge is 0.382 e. The zero-order valence-electron chi connectivity index (χ0n) is 60.3. The molecule has 14 bridgehead atoms. The molecule has 36 nitrogen and oxygen atoms in total. The summed E-state index contributed by atoms with van der Waals surface area (Å²) in [4.78, 5) is 0. The fraction of sp³-hybridized carbons (Fsp3) is 0.984. The maximum atomic E-state index is 11.7. The van der Waals surface area contributed by atoms with Crippen molar-refractivity contribution in [3.63, 3.8) is 0 Å². The van der Waals surface area contributed by atoms with Crippen LogP contribution in [0.4, 0.5) is 0 Å². The predicted octanol–water partition coefficient (Wildman–Crippen LogP) is -2.26. The molecule has 21 fully saturated rings. The lowest BCUT2D eigenvalue weighted by Gasteiger charge is -2.52. The van der Waals surface area contributed by atoms with Crippen LogP contribution in [0, 0.1) is 11.3 Å². The van der Waals surface area contributed by atoms with Gasteiger partial charge in [-0.3, -0.25) is 0 Å². The van der Waals surface area contributed by atoms with Crippen molar-refractivity contribution in [1.82, 2.24) is 0 Å². The van der Waals surface area contributed by atoms with Crippen LogP contribution in [0.5, 0.6) is 0 Å². The summed E-state index contributed by atoms with van der Waals surface area (Å²) in [7, 11) is 29.4. The minimum absolute atomic E-state index is 0.0573. The fourth-order valence-electron chi connectivity index (χ4n) is 14.8. The topological polar surface area (TPSA) is 358 Å². The first-order valence-electron chi connectivity index (χ1n) is 32.7. The highest BCUT2D eigenvalue weighted by Gasteiger charge is 2.62. The van der Waals surface area contributed by atoms with Crippen molar-refractivity contribution >= 4 is 0 Å². The Kier molecular flexibility index (Phi) is 33.6. The Hall–Kier alpha value is -1.91. The van der Waals surface area contributed by atoms with E-state index in [0.29, 0.717) is 0 Å². The number of ether oxygens (including phenoxy) is 34. The number of hydrogen-bond acceptors (Lipinski definition) is 36. The molecule has 21 aliphatic heterocycles. The predicted molar refractivity (Wildman–Crippen MR) is 329 cm³/mol. The van der Waals surface area contributed by atoms with Gasteiger partial charge in [-0.2, -0.15) is 5.26 Å². The van der Waals surface area contributed by atoms with Gasteiger partial charge in [0.15, 0.2) is 50.1 Å². The van der Waals surface area contributed by atoms with Gasteiger partial charge in [-0.1, -0.05) is 0 Å². The van der Waals surface area contributed by atoms with Crippen LogP contribution in [-0.2, 0) is 161 Å². The van der Waals surface area contributed by atoms with Crippen molar-refractivity contribution in [2.45, 2.75) is 221 Å². The van der Waals surface area contributed by atoms with E-state index in [-0.39, 0.29) is 39.6 Å². The first-order valence-corrected chi connectivity index (χ1v) is 32.7. The number of aliphatic hydroxyl groups excluding tert-OH is 1. The van der Waals surface area contributed by atoms with E-state index in [4.69, 9.17) is 161 Å². The number of aliphatic hydroxyl groups is 1. The van der Waals surface area contributed by atoms with E-state index in [1.54, 1.807) is 0 Å². The molecule has 0 aromatic carbocycles. The Morgan fingerprint density at radius 1 is 0.232 bits per heavy atom. The second-order valence-electron chi connectivity index (χ2n) is 24.5. The van der Waals surface area contributed by atoms with Gasteiger partial charge in [0.1, 0.15) is 171 Å². The third kappa shape index (κ3) is 17.9. The summed E-state index contributed by atoms with van der Waals surface area (Å²) in [6.07, 6.45) is -41.2. The molecule has 36 heteroatoms. The molecule has 0 amide bonds. The normalized spacial score (nSPS) is 46.0. The van der Waals surface area contributed by atoms with Gasteiger partial charge in [0, 0.05) is 142 Å². The van der Waals surface area contributed by atoms with E-state index in [9.17, 15) is 10.4 Å². The van der Waals surface area contributed by atoms with Crippen molar-refractivity contribution in [3.8, 4) is 6.07 Å². The molecule has 1 N–H and O–H groups in total. The third-order valence-corrected chi connectivity index (χ3v) is 19.4. The van der Waals surface area contributed by atoms with Crippen LogP contribution in [0.1, 0.15) is 0 Å². The molecule has 21 aliphatic rings. The van der Waals surface area contributed by atoms with Gasteiger partial charge >= 0.3 is 0 Å². The molecule has 0 aromatic rings. The van der Waals surface area contributed by atoms with Crippen LogP contribution in [0.3, 0.4) is 0 Å². The number of hydrogen-bond donors (Lipinski definition) is 1. The molecule has 99 heavy (non-hydrogen) atoms. The molecule has 36 atom stereocenters. The molecule has 21 saturated heterocycles. The van der Waals surface area contributed by atoms with Crippen molar-refractivity contribution in [2.75, 3.05) is 182 Å². The highest BCUT2D eigenvalue weighted by Crippen LogP contribution is 2.43. The van der Waals surface area contributed by atoms with Crippen molar-refractivity contribution in [1.29, 1.82) is 5.26 Å². The monoisotopic (exact) mass is 1440 g/mol. The Morgan fingerprint density at radius 2 is 0.384 bits per heavy atom. The summed E-state index contributed by atoms with van der Waals surface area (Å²) in [5, 5.41) is 22.2. The van der Waals surface area contributed by atoms with E-state index in [1.165, 1.54) is 142 Å². The van der Waals surface area contributed by atoms with Gasteiger partial charge in [-0.05, 0) is 0 Å². The molecule has 21 rings (SSSR count). The molecular weight excluding hydrogens is 1330 g/mol. The maximum absolute atomic E-state index is 11.7. The number of methoxy groups -OCH3 is 20. The summed E-state index contributed by atoms with van der Waals surface area (Å²) in [6.45, 7) is -0.497. The van der Waals surface area contributed by atoms with Crippen LogP contribution in [0.25, 0.3) is 0 Å². The van der Waals surface area contributed by atoms with Crippen LogP contribution in [-0.4, -0.2) is 408 Å². The molecule has 0 spiro atoms. The van der Waals surface area contributed by atoms with Gasteiger partial charge in [-0.15, -0.1) is 0 Å². The standard InChI is InChI=1S/C63H109NO35/c1-66-22-29-36-42(72-7)51(80-15)58(87-29)95-38-31(24-68-3)89-60(53(82-17)44(38)74-9)97-40-33(26-70-5)91-62(55(84-19)46(40)76-11)99-49-35(28(65)21-64)92-63(56(85-20)48(49)78-13)98-41-34(27-71-6)90-61(54(83-18)47(41)77-12)96-39-32(25-69-4)88-59(52(81-16)45(39)75-10)94-37-30(23-67-2)86-57(93-36)50(79-14)43(37)73-8/h28-63,65H,22-27H2,1-20H3/t28-,29-,30-,31-,32-,33-,34-,35-,36-,37-,38-,39-,40-,41-,42+,43+,44+,45+,46+,47+,48+,49-,50-,51-,52-,53-,54-,55-,56-,57-,58-,59-,60-,61-,62-,63-/m1/s1. The summed E-state index contributed by atoms with van der Waals surface area (Å²) < 4.78 is 219. The van der Waals surface area contributed by atoms with E-state index < -0.39 is 221 Å². The third-order valence-electron chi connectivity index (χ3n) is 19.4. The first-order chi connectivity index (χ1) is 48.1. The smallest absolute Gasteiger partial charge is 0.187 e. The first kappa shape index (κ1) is 82.7. The number of nitrogens with zero attached hydrogens (tertiary/aromatic N) is 1. The minimum atomic E-state index is -1.89. The second-order valence-corrected chi connectivity index (χ2v) is 24.5. The van der Waals surface area contributed by atoms with E-state index >= 15 is 0 Å². The van der Waals surface area contributed by atoms with Crippen molar-refractivity contribution in [3.05, 3.63) is 0 Å². The van der Waals surface area contributed by atoms with Crippen LogP contribution < -0.4 is 0 Å². The summed E-state index contributed by atoms with van der Waals surface area (Å²) >= 11 is 0. The van der Waals surface area contributed by atoms with E-state index in [1.807, 2.05) is 6.07 Å². The van der Waals surface area contributed by atoms with Gasteiger partial charge in [0.2, 0.25) is 0 Å². The Balaban J connectivity index is 1.24. The molecule has 0 saturated carbocycles. The zero-order valence-corrected chi connectivity index (χ0v) is 60.3. The van der Waals surface area contributed by atoms with Gasteiger partial charge in [-0.25, -0.2) is 0 Å². The van der Waals surface area contributed by atoms with Gasteiger partial charge in [0.25, 0.3) is 0 Å². The lowest BCUT2D eigenvalue weighted by atomic mass is 9.93. The number of nitriles is 1. The SMILES string of the molecule is COC[C@H]1O[C@@H]2O[C@H]3[C@H](OC)[C@@H](OC)[C@H](O[C@@H]3[C@H](O)C#N)O[C@H]3[C@H](OC)[C@@H](OC)[C@@H](O[C@H]4[C@H](OC)[C@@H](OC)[C@@H](O[C@H]5[C@H](OC)[C@@H](OC)[C@@H](O[C@H]6[C@H](OC)[C@@H](OC)[C@@H](O[C@H]7[C@H](OC)[C@@H](OC)[C@@H](O[C@H]1[C@H](OC)[C@H]2OC)O[C@@H]7COC)O[C@@H]6COC)O[C@@H]5COC)O[C@@H]4COC)O[C@@H]3COC. The zero-order chi connectivity index (χ0) is 71.8. The van der Waals surface area contributed by atoms with Crippen LogP contribution in [0.2, 0.25) is 0 Å². The maximum Gasteiger partial charge on any atom is 0.187 e.